The average molecular weight is 577 g/mol. The number of nitro groups is 1. The Hall–Kier alpha value is -4.22. The van der Waals surface area contributed by atoms with Crippen LogP contribution >= 0.6 is 23.4 Å². The fourth-order valence-corrected chi connectivity index (χ4v) is 5.62. The number of thioether (sulfide) groups is 1. The van der Waals surface area contributed by atoms with E-state index in [0.29, 0.717) is 33.8 Å². The van der Waals surface area contributed by atoms with Gasteiger partial charge in [-0.1, -0.05) is 53.7 Å². The highest BCUT2D eigenvalue weighted by Crippen LogP contribution is 2.29. The lowest BCUT2D eigenvalue weighted by atomic mass is 10.0. The van der Waals surface area contributed by atoms with Crippen molar-refractivity contribution in [3.63, 3.8) is 0 Å². The quantitative estimate of drug-likeness (QED) is 0.175. The number of aromatic nitrogens is 3. The summed E-state index contributed by atoms with van der Waals surface area (Å²) >= 11 is 7.51. The van der Waals surface area contributed by atoms with Gasteiger partial charge in [-0.15, -0.1) is 10.2 Å². The monoisotopic (exact) mass is 576 g/mol. The van der Waals surface area contributed by atoms with E-state index in [1.807, 2.05) is 35.2 Å². The van der Waals surface area contributed by atoms with E-state index in [0.717, 1.165) is 24.1 Å². The zero-order valence-corrected chi connectivity index (χ0v) is 23.1. The van der Waals surface area contributed by atoms with E-state index >= 15 is 0 Å². The van der Waals surface area contributed by atoms with E-state index in [9.17, 15) is 19.7 Å². The van der Waals surface area contributed by atoms with Gasteiger partial charge in [0.25, 0.3) is 11.6 Å². The lowest BCUT2D eigenvalue weighted by Gasteiger charge is -2.29. The number of carbonyl (C=O) groups excluding carboxylic acids is 2. The number of amides is 2. The third kappa shape index (κ3) is 5.85. The first-order chi connectivity index (χ1) is 19.3. The summed E-state index contributed by atoms with van der Waals surface area (Å²) in [7, 11) is 0. The number of nitrogens with one attached hydrogen (secondary N) is 1. The highest BCUT2D eigenvalue weighted by molar-refractivity contribution is 7.99. The molecule has 1 N–H and O–H groups in total. The number of nitro benzene ring substituents is 1. The Balaban J connectivity index is 1.36. The summed E-state index contributed by atoms with van der Waals surface area (Å²) in [5.41, 5.74) is 3.27. The van der Waals surface area contributed by atoms with Gasteiger partial charge in [-0.05, 0) is 55.7 Å². The molecule has 3 aromatic carbocycles. The summed E-state index contributed by atoms with van der Waals surface area (Å²) in [5, 5.41) is 23.6. The number of rotatable bonds is 8. The topological polar surface area (TPSA) is 123 Å². The van der Waals surface area contributed by atoms with E-state index in [1.54, 1.807) is 29.7 Å². The molecule has 0 bridgehead atoms. The Labute approximate surface area is 239 Å². The van der Waals surface area contributed by atoms with Gasteiger partial charge in [-0.25, -0.2) is 0 Å². The minimum absolute atomic E-state index is 0.00593. The molecule has 0 saturated carbocycles. The van der Waals surface area contributed by atoms with Gasteiger partial charge in [0.05, 0.1) is 22.9 Å². The van der Waals surface area contributed by atoms with Gasteiger partial charge in [-0.3, -0.25) is 24.3 Å². The first kappa shape index (κ1) is 27.4. The molecule has 0 aliphatic carbocycles. The normalized spacial score (nSPS) is 12.6. The van der Waals surface area contributed by atoms with Gasteiger partial charge in [0.1, 0.15) is 0 Å². The minimum Gasteiger partial charge on any atom is -0.345 e. The Bertz CT molecular complexity index is 1610. The molecule has 0 spiro atoms. The van der Waals surface area contributed by atoms with Crippen molar-refractivity contribution in [2.24, 2.45) is 0 Å². The zero-order valence-electron chi connectivity index (χ0n) is 21.5. The summed E-state index contributed by atoms with van der Waals surface area (Å²) in [4.78, 5) is 38.7. The summed E-state index contributed by atoms with van der Waals surface area (Å²) in [6, 6.07) is 19.3. The van der Waals surface area contributed by atoms with Crippen molar-refractivity contribution in [1.29, 1.82) is 0 Å². The van der Waals surface area contributed by atoms with Crippen molar-refractivity contribution >= 4 is 46.6 Å². The van der Waals surface area contributed by atoms with Crippen molar-refractivity contribution in [2.75, 3.05) is 17.2 Å². The Morgan fingerprint density at radius 2 is 1.93 bits per heavy atom. The number of halogens is 1. The van der Waals surface area contributed by atoms with E-state index in [4.69, 9.17) is 11.6 Å². The van der Waals surface area contributed by atoms with Crippen LogP contribution in [0, 0.1) is 17.0 Å². The molecule has 2 heterocycles. The first-order valence-electron chi connectivity index (χ1n) is 12.6. The molecule has 10 nitrogen and oxygen atoms in total. The molecule has 40 heavy (non-hydrogen) atoms. The van der Waals surface area contributed by atoms with Gasteiger partial charge in [0, 0.05) is 34.4 Å². The van der Waals surface area contributed by atoms with Crippen LogP contribution in [0.15, 0.2) is 71.9 Å². The molecule has 204 valence electrons. The van der Waals surface area contributed by atoms with Crippen LogP contribution in [0.3, 0.4) is 0 Å². The molecule has 1 aliphatic rings. The van der Waals surface area contributed by atoms with E-state index in [1.165, 1.54) is 30.0 Å². The number of aryl methyl sites for hydroxylation is 2. The molecular formula is C28H25ClN6O4S. The number of benzene rings is 3. The number of fused-ring (bicyclic) bond motifs is 1. The Kier molecular flexibility index (Phi) is 8.13. The van der Waals surface area contributed by atoms with Crippen molar-refractivity contribution < 1.29 is 14.5 Å². The number of carbonyl (C=O) groups is 2. The van der Waals surface area contributed by atoms with Crippen LogP contribution in [-0.2, 0) is 17.8 Å². The number of nitrogens with zero attached hydrogens (tertiary/aromatic N) is 5. The predicted molar refractivity (Wildman–Crippen MR) is 153 cm³/mol. The Morgan fingerprint density at radius 3 is 2.73 bits per heavy atom. The van der Waals surface area contributed by atoms with E-state index in [-0.39, 0.29) is 29.5 Å². The standard InChI is InChI=1S/C28H25ClN6O4S/c1-18-11-12-20(14-24(18)35(38)39)27(37)30-16-25-31-32-28(34(25)22-9-4-8-21(29)15-22)40-17-26(36)33-13-5-7-19-6-2-3-10-23(19)33/h2-4,6,8-12,14-15H,5,7,13,16-17H2,1H3,(H,30,37). The van der Waals surface area contributed by atoms with Crippen LogP contribution < -0.4 is 10.2 Å². The number of para-hydroxylation sites is 1. The third-order valence-corrected chi connectivity index (χ3v) is 7.73. The lowest BCUT2D eigenvalue weighted by Crippen LogP contribution is -2.36. The smallest absolute Gasteiger partial charge is 0.273 e. The summed E-state index contributed by atoms with van der Waals surface area (Å²) in [5.74, 6) is 0.0351. The molecule has 4 aromatic rings. The summed E-state index contributed by atoms with van der Waals surface area (Å²) in [6.45, 7) is 2.27. The second-order valence-electron chi connectivity index (χ2n) is 9.22. The molecular weight excluding hydrogens is 552 g/mol. The molecule has 0 saturated heterocycles. The Morgan fingerprint density at radius 1 is 1.10 bits per heavy atom. The van der Waals surface area contributed by atoms with Gasteiger partial charge in [0.2, 0.25) is 5.91 Å². The van der Waals surface area contributed by atoms with Gasteiger partial charge >= 0.3 is 0 Å². The summed E-state index contributed by atoms with van der Waals surface area (Å²) < 4.78 is 1.74. The van der Waals surface area contributed by atoms with Crippen LogP contribution in [0.2, 0.25) is 5.02 Å². The van der Waals surface area contributed by atoms with Crippen LogP contribution in [-0.4, -0.2) is 43.8 Å². The van der Waals surface area contributed by atoms with Crippen molar-refractivity contribution in [1.82, 2.24) is 20.1 Å². The third-order valence-electron chi connectivity index (χ3n) is 6.58. The van der Waals surface area contributed by atoms with Crippen LogP contribution in [0.5, 0.6) is 0 Å². The average Bonchev–Trinajstić information content (AvgIpc) is 3.37. The lowest BCUT2D eigenvalue weighted by molar-refractivity contribution is -0.385. The molecule has 1 aromatic heterocycles. The number of anilines is 1. The highest BCUT2D eigenvalue weighted by Gasteiger charge is 2.24. The minimum atomic E-state index is -0.519. The fraction of sp³-hybridized carbons (Fsp3) is 0.214. The van der Waals surface area contributed by atoms with Crippen molar-refractivity contribution in [2.45, 2.75) is 31.5 Å². The largest absolute Gasteiger partial charge is 0.345 e. The molecule has 0 unspecified atom stereocenters. The molecule has 0 fully saturated rings. The van der Waals surface area contributed by atoms with Gasteiger partial charge in [-0.2, -0.15) is 0 Å². The van der Waals surface area contributed by atoms with Gasteiger partial charge < -0.3 is 10.2 Å². The van der Waals surface area contributed by atoms with Gasteiger partial charge in [0.15, 0.2) is 11.0 Å². The fourth-order valence-electron chi connectivity index (χ4n) is 4.59. The van der Waals surface area contributed by atoms with Crippen molar-refractivity contribution in [3.05, 3.63) is 104 Å². The molecule has 12 heteroatoms. The second kappa shape index (κ2) is 11.9. The van der Waals surface area contributed by atoms with Crippen LogP contribution in [0.1, 0.15) is 33.7 Å². The zero-order chi connectivity index (χ0) is 28.2. The summed E-state index contributed by atoms with van der Waals surface area (Å²) in [6.07, 6.45) is 1.85. The van der Waals surface area contributed by atoms with Crippen molar-refractivity contribution in [3.8, 4) is 5.69 Å². The maximum Gasteiger partial charge on any atom is 0.273 e. The first-order valence-corrected chi connectivity index (χ1v) is 13.9. The van der Waals surface area contributed by atoms with E-state index < -0.39 is 10.8 Å². The second-order valence-corrected chi connectivity index (χ2v) is 10.6. The maximum absolute atomic E-state index is 13.2. The predicted octanol–water partition coefficient (Wildman–Crippen LogP) is 5.14. The van der Waals surface area contributed by atoms with Crippen LogP contribution in [0.25, 0.3) is 5.69 Å². The van der Waals surface area contributed by atoms with Crippen LogP contribution in [0.4, 0.5) is 11.4 Å². The molecule has 2 amide bonds. The molecule has 0 atom stereocenters. The molecule has 5 rings (SSSR count). The SMILES string of the molecule is Cc1ccc(C(=O)NCc2nnc(SCC(=O)N3CCCc4ccccc43)n2-c2cccc(Cl)c2)cc1[N+](=O)[O-]. The molecule has 0 radical (unpaired) electrons. The maximum atomic E-state index is 13.2. The highest BCUT2D eigenvalue weighted by atomic mass is 35.5. The number of hydrogen-bond acceptors (Lipinski definition) is 7. The van der Waals surface area contributed by atoms with E-state index in [2.05, 4.69) is 15.5 Å². The molecule has 1 aliphatic heterocycles. The number of hydrogen-bond donors (Lipinski definition) is 1.